The molecule has 1 unspecified atom stereocenters. The van der Waals surface area contributed by atoms with E-state index in [4.69, 9.17) is 0 Å². The van der Waals surface area contributed by atoms with Crippen LogP contribution in [0.25, 0.3) is 0 Å². The van der Waals surface area contributed by atoms with Gasteiger partial charge in [0.2, 0.25) is 5.91 Å². The molecule has 5 heteroatoms. The van der Waals surface area contributed by atoms with Gasteiger partial charge in [-0.05, 0) is 19.1 Å². The van der Waals surface area contributed by atoms with Gasteiger partial charge in [0.1, 0.15) is 17.9 Å². The van der Waals surface area contributed by atoms with Gasteiger partial charge in [-0.1, -0.05) is 6.07 Å². The van der Waals surface area contributed by atoms with Crippen molar-refractivity contribution in [3.8, 4) is 0 Å². The minimum absolute atomic E-state index is 0.0834. The highest BCUT2D eigenvalue weighted by Gasteiger charge is 2.25. The zero-order chi connectivity index (χ0) is 12.6. The average molecular weight is 239 g/mol. The molecule has 0 spiro atoms. The second kappa shape index (κ2) is 4.25. The second-order valence-electron chi connectivity index (χ2n) is 3.88. The number of amides is 1. The van der Waals surface area contributed by atoms with Crippen LogP contribution in [0.4, 0.5) is 8.78 Å². The van der Waals surface area contributed by atoms with Crippen LogP contribution in [-0.2, 0) is 11.3 Å². The molecule has 1 amide bonds. The fourth-order valence-electron chi connectivity index (χ4n) is 1.69. The van der Waals surface area contributed by atoms with Gasteiger partial charge in [-0.15, -0.1) is 0 Å². The molecule has 0 radical (unpaired) electrons. The van der Waals surface area contributed by atoms with Crippen molar-refractivity contribution in [3.05, 3.63) is 47.0 Å². The maximum absolute atomic E-state index is 13.7. The Bertz CT molecular complexity index is 500. The highest BCUT2D eigenvalue weighted by Crippen LogP contribution is 2.20. The molecule has 0 aliphatic carbocycles. The van der Waals surface area contributed by atoms with Crippen LogP contribution in [0, 0.1) is 18.6 Å². The minimum atomic E-state index is -1.05. The van der Waals surface area contributed by atoms with E-state index in [-0.39, 0.29) is 23.6 Å². The molecular formula is C12H11F2NO2. The fourth-order valence-corrected chi connectivity index (χ4v) is 1.69. The van der Waals surface area contributed by atoms with E-state index in [9.17, 15) is 18.7 Å². The van der Waals surface area contributed by atoms with Crippen molar-refractivity contribution in [2.75, 3.05) is 0 Å². The molecule has 1 heterocycles. The van der Waals surface area contributed by atoms with E-state index < -0.39 is 17.9 Å². The Hall–Kier alpha value is -1.75. The van der Waals surface area contributed by atoms with Gasteiger partial charge in [0.15, 0.2) is 0 Å². The fraction of sp³-hybridized carbons (Fsp3) is 0.250. The number of carbonyl (C=O) groups excluding carboxylic acids is 1. The van der Waals surface area contributed by atoms with E-state index in [1.807, 2.05) is 0 Å². The topological polar surface area (TPSA) is 40.5 Å². The van der Waals surface area contributed by atoms with Gasteiger partial charge in [-0.3, -0.25) is 4.79 Å². The third-order valence-electron chi connectivity index (χ3n) is 2.75. The minimum Gasteiger partial charge on any atom is -0.370 e. The van der Waals surface area contributed by atoms with Crippen LogP contribution in [-0.4, -0.2) is 22.1 Å². The Morgan fingerprint density at radius 3 is 2.71 bits per heavy atom. The Morgan fingerprint density at radius 2 is 2.12 bits per heavy atom. The largest absolute Gasteiger partial charge is 0.370 e. The number of halogens is 2. The molecule has 0 aromatic heterocycles. The number of aliphatic hydroxyl groups is 1. The van der Waals surface area contributed by atoms with Gasteiger partial charge in [-0.2, -0.15) is 0 Å². The summed E-state index contributed by atoms with van der Waals surface area (Å²) in [6.07, 6.45) is 1.49. The maximum atomic E-state index is 13.7. The quantitative estimate of drug-likeness (QED) is 0.849. The van der Waals surface area contributed by atoms with E-state index in [1.165, 1.54) is 25.1 Å². The molecule has 0 saturated carbocycles. The van der Waals surface area contributed by atoms with Crippen molar-refractivity contribution >= 4 is 5.91 Å². The van der Waals surface area contributed by atoms with Gasteiger partial charge in [-0.25, -0.2) is 8.78 Å². The van der Waals surface area contributed by atoms with Crippen molar-refractivity contribution in [3.63, 3.8) is 0 Å². The number of carbonyl (C=O) groups is 1. The van der Waals surface area contributed by atoms with E-state index in [2.05, 4.69) is 0 Å². The van der Waals surface area contributed by atoms with Crippen LogP contribution >= 0.6 is 0 Å². The molecule has 90 valence electrons. The summed E-state index contributed by atoms with van der Waals surface area (Å²) < 4.78 is 26.7. The van der Waals surface area contributed by atoms with Gasteiger partial charge in [0.25, 0.3) is 0 Å². The summed E-state index contributed by atoms with van der Waals surface area (Å²) in [7, 11) is 0. The lowest BCUT2D eigenvalue weighted by atomic mass is 10.1. The lowest BCUT2D eigenvalue weighted by molar-refractivity contribution is -0.131. The first-order valence-corrected chi connectivity index (χ1v) is 5.11. The van der Waals surface area contributed by atoms with Crippen LogP contribution in [0.5, 0.6) is 0 Å². The van der Waals surface area contributed by atoms with Gasteiger partial charge in [0, 0.05) is 17.2 Å². The van der Waals surface area contributed by atoms with Crippen molar-refractivity contribution in [2.45, 2.75) is 19.7 Å². The van der Waals surface area contributed by atoms with Crippen molar-refractivity contribution in [1.29, 1.82) is 0 Å². The monoisotopic (exact) mass is 239 g/mol. The van der Waals surface area contributed by atoms with Crippen LogP contribution in [0.3, 0.4) is 0 Å². The molecular weight excluding hydrogens is 228 g/mol. The first-order chi connectivity index (χ1) is 8.00. The summed E-state index contributed by atoms with van der Waals surface area (Å²) >= 11 is 0. The smallest absolute Gasteiger partial charge is 0.248 e. The van der Waals surface area contributed by atoms with E-state index >= 15 is 0 Å². The van der Waals surface area contributed by atoms with E-state index in [1.54, 1.807) is 0 Å². The Morgan fingerprint density at radius 1 is 1.41 bits per heavy atom. The number of hydrogen-bond acceptors (Lipinski definition) is 2. The molecule has 1 aliphatic rings. The van der Waals surface area contributed by atoms with Gasteiger partial charge >= 0.3 is 0 Å². The number of rotatable bonds is 2. The number of nitrogens with zero attached hydrogens (tertiary/aromatic N) is 1. The normalized spacial score (nSPS) is 19.2. The summed E-state index contributed by atoms with van der Waals surface area (Å²) in [4.78, 5) is 12.4. The summed E-state index contributed by atoms with van der Waals surface area (Å²) in [6, 6.07) is 2.42. The Kier molecular flexibility index (Phi) is 2.93. The molecule has 0 bridgehead atoms. The van der Waals surface area contributed by atoms with Crippen molar-refractivity contribution < 1.29 is 18.7 Å². The summed E-state index contributed by atoms with van der Waals surface area (Å²) in [5, 5.41) is 9.46. The molecule has 17 heavy (non-hydrogen) atoms. The number of aliphatic hydroxyl groups excluding tert-OH is 1. The molecule has 0 saturated heterocycles. The molecule has 3 nitrogen and oxygen atoms in total. The number of hydrogen-bond donors (Lipinski definition) is 1. The predicted octanol–water partition coefficient (Wildman–Crippen LogP) is 1.49. The van der Waals surface area contributed by atoms with E-state index in [0.717, 1.165) is 11.0 Å². The summed E-state index contributed by atoms with van der Waals surface area (Å²) in [6.45, 7) is 1.24. The van der Waals surface area contributed by atoms with Gasteiger partial charge in [0.05, 0.1) is 6.54 Å². The van der Waals surface area contributed by atoms with Crippen molar-refractivity contribution in [2.24, 2.45) is 0 Å². The molecule has 2 rings (SSSR count). The predicted molar refractivity (Wildman–Crippen MR) is 56.8 cm³/mol. The summed E-state index contributed by atoms with van der Waals surface area (Å²) in [5.41, 5.74) is 0.0941. The number of benzene rings is 1. The average Bonchev–Trinajstić information content (AvgIpc) is 2.61. The van der Waals surface area contributed by atoms with Crippen LogP contribution < -0.4 is 0 Å². The molecule has 1 N–H and O–H groups in total. The Balaban J connectivity index is 2.25. The standard InChI is InChI=1S/C12H11F2NO2/c1-7-9(13)3-2-8(12(7)14)6-15-10(16)4-5-11(15)17/h2-5,10,16H,6H2,1H3. The van der Waals surface area contributed by atoms with E-state index in [0.29, 0.717) is 0 Å². The molecule has 1 atom stereocenters. The first kappa shape index (κ1) is 11.7. The van der Waals surface area contributed by atoms with Crippen LogP contribution in [0.2, 0.25) is 0 Å². The zero-order valence-electron chi connectivity index (χ0n) is 9.15. The third kappa shape index (κ3) is 2.06. The van der Waals surface area contributed by atoms with Crippen LogP contribution in [0.1, 0.15) is 11.1 Å². The first-order valence-electron chi connectivity index (χ1n) is 5.11. The highest BCUT2D eigenvalue weighted by atomic mass is 19.1. The third-order valence-corrected chi connectivity index (χ3v) is 2.75. The maximum Gasteiger partial charge on any atom is 0.248 e. The zero-order valence-corrected chi connectivity index (χ0v) is 9.15. The SMILES string of the molecule is Cc1c(F)ccc(CN2C(=O)C=CC2O)c1F. The molecule has 0 fully saturated rings. The van der Waals surface area contributed by atoms with Gasteiger partial charge < -0.3 is 10.0 Å². The lowest BCUT2D eigenvalue weighted by Gasteiger charge is -2.21. The molecule has 1 aromatic carbocycles. The summed E-state index contributed by atoms with van der Waals surface area (Å²) in [5.74, 6) is -1.70. The van der Waals surface area contributed by atoms with Crippen molar-refractivity contribution in [1.82, 2.24) is 4.90 Å². The van der Waals surface area contributed by atoms with Crippen LogP contribution in [0.15, 0.2) is 24.3 Å². The molecule has 1 aliphatic heterocycles. The molecule has 1 aromatic rings. The lowest BCUT2D eigenvalue weighted by Crippen LogP contribution is -2.33. The highest BCUT2D eigenvalue weighted by molar-refractivity contribution is 5.90. The second-order valence-corrected chi connectivity index (χ2v) is 3.88. The Labute approximate surface area is 97.0 Å².